The van der Waals surface area contributed by atoms with E-state index >= 15 is 0 Å². The van der Waals surface area contributed by atoms with Crippen molar-refractivity contribution in [2.24, 2.45) is 5.73 Å². The number of hydrogen-bond acceptors (Lipinski definition) is 3. The molecule has 1 unspecified atom stereocenters. The number of rotatable bonds is 6. The second kappa shape index (κ2) is 8.99. The van der Waals surface area contributed by atoms with Gasteiger partial charge < -0.3 is 20.7 Å². The molecule has 1 aliphatic rings. The zero-order chi connectivity index (χ0) is 21.0. The summed E-state index contributed by atoms with van der Waals surface area (Å²) in [5.74, 6) is 0.391. The van der Waals surface area contributed by atoms with Gasteiger partial charge in [0.2, 0.25) is 5.91 Å². The van der Waals surface area contributed by atoms with Gasteiger partial charge in [-0.25, -0.2) is 4.79 Å². The molecule has 6 nitrogen and oxygen atoms in total. The number of amides is 3. The summed E-state index contributed by atoms with van der Waals surface area (Å²) in [5.41, 5.74) is 10.0. The van der Waals surface area contributed by atoms with Crippen LogP contribution in [0.4, 0.5) is 4.79 Å². The Balaban J connectivity index is 1.67. The number of ether oxygens (including phenoxy) is 1. The molecule has 1 atom stereocenters. The number of primary amides is 1. The summed E-state index contributed by atoms with van der Waals surface area (Å²) >= 11 is 0. The zero-order valence-electron chi connectivity index (χ0n) is 17.3. The molecule has 1 aliphatic heterocycles. The smallest absolute Gasteiger partial charge is 0.317 e. The average molecular weight is 396 g/mol. The summed E-state index contributed by atoms with van der Waals surface area (Å²) < 4.78 is 6.03. The van der Waals surface area contributed by atoms with Crippen LogP contribution in [0.3, 0.4) is 0 Å². The molecule has 29 heavy (non-hydrogen) atoms. The van der Waals surface area contributed by atoms with Gasteiger partial charge in [0, 0.05) is 30.8 Å². The van der Waals surface area contributed by atoms with Crippen LogP contribution >= 0.6 is 0 Å². The predicted octanol–water partition coefficient (Wildman–Crippen LogP) is 3.54. The molecule has 0 bridgehead atoms. The van der Waals surface area contributed by atoms with E-state index in [1.165, 1.54) is 0 Å². The highest BCUT2D eigenvalue weighted by atomic mass is 16.5. The van der Waals surface area contributed by atoms with E-state index in [0.29, 0.717) is 31.6 Å². The van der Waals surface area contributed by atoms with E-state index in [2.05, 4.69) is 12.2 Å². The van der Waals surface area contributed by atoms with Gasteiger partial charge in [0.15, 0.2) is 0 Å². The first-order valence-electron chi connectivity index (χ1n) is 10.1. The third-order valence-corrected chi connectivity index (χ3v) is 5.37. The van der Waals surface area contributed by atoms with Gasteiger partial charge in [-0.1, -0.05) is 31.2 Å². The SMILES string of the molecule is CCC(C)Oc1cc(C)ccc1CNC(=O)N1CCc2c(cccc2C(N)=O)C1. The zero-order valence-corrected chi connectivity index (χ0v) is 17.3. The molecular weight excluding hydrogens is 366 g/mol. The van der Waals surface area contributed by atoms with E-state index in [1.807, 2.05) is 44.2 Å². The summed E-state index contributed by atoms with van der Waals surface area (Å²) in [6, 6.07) is 11.4. The normalized spacial score (nSPS) is 14.1. The lowest BCUT2D eigenvalue weighted by atomic mass is 9.94. The molecule has 0 saturated carbocycles. The maximum Gasteiger partial charge on any atom is 0.317 e. The quantitative estimate of drug-likeness (QED) is 0.785. The third-order valence-electron chi connectivity index (χ3n) is 5.37. The van der Waals surface area contributed by atoms with Crippen LogP contribution in [0.5, 0.6) is 5.75 Å². The van der Waals surface area contributed by atoms with Crippen molar-refractivity contribution < 1.29 is 14.3 Å². The van der Waals surface area contributed by atoms with Gasteiger partial charge >= 0.3 is 6.03 Å². The summed E-state index contributed by atoms with van der Waals surface area (Å²) in [5, 5.41) is 3.00. The van der Waals surface area contributed by atoms with Gasteiger partial charge in [-0.2, -0.15) is 0 Å². The molecule has 2 aromatic carbocycles. The highest BCUT2D eigenvalue weighted by Crippen LogP contribution is 2.24. The number of nitrogens with two attached hydrogens (primary N) is 1. The Morgan fingerprint density at radius 2 is 2.07 bits per heavy atom. The third kappa shape index (κ3) is 4.88. The fourth-order valence-corrected chi connectivity index (χ4v) is 3.51. The first kappa shape index (κ1) is 20.7. The molecule has 0 fully saturated rings. The van der Waals surface area contributed by atoms with Gasteiger partial charge in [0.25, 0.3) is 0 Å². The number of fused-ring (bicyclic) bond motifs is 1. The lowest BCUT2D eigenvalue weighted by Gasteiger charge is -2.30. The Labute approximate surface area is 172 Å². The molecule has 3 rings (SSSR count). The van der Waals surface area contributed by atoms with Crippen molar-refractivity contribution in [3.63, 3.8) is 0 Å². The van der Waals surface area contributed by atoms with Crippen molar-refractivity contribution in [2.45, 2.75) is 52.8 Å². The van der Waals surface area contributed by atoms with E-state index in [4.69, 9.17) is 10.5 Å². The summed E-state index contributed by atoms with van der Waals surface area (Å²) in [6.45, 7) is 7.56. The Kier molecular flexibility index (Phi) is 6.42. The van der Waals surface area contributed by atoms with Gasteiger partial charge in [0.1, 0.15) is 5.75 Å². The van der Waals surface area contributed by atoms with Gasteiger partial charge in [-0.15, -0.1) is 0 Å². The number of carbonyl (C=O) groups is 2. The highest BCUT2D eigenvalue weighted by molar-refractivity contribution is 5.94. The Morgan fingerprint density at radius 1 is 1.28 bits per heavy atom. The Bertz CT molecular complexity index is 910. The van der Waals surface area contributed by atoms with Crippen molar-refractivity contribution in [1.29, 1.82) is 0 Å². The fraction of sp³-hybridized carbons (Fsp3) is 0.391. The first-order valence-corrected chi connectivity index (χ1v) is 10.1. The van der Waals surface area contributed by atoms with Crippen LogP contribution in [0.2, 0.25) is 0 Å². The number of hydrogen-bond donors (Lipinski definition) is 2. The lowest BCUT2D eigenvalue weighted by Crippen LogP contribution is -2.43. The molecule has 0 spiro atoms. The van der Waals surface area contributed by atoms with E-state index in [0.717, 1.165) is 34.4 Å². The molecular formula is C23H29N3O3. The molecule has 3 amide bonds. The van der Waals surface area contributed by atoms with Gasteiger partial charge in [0.05, 0.1) is 6.10 Å². The number of urea groups is 1. The van der Waals surface area contributed by atoms with Crippen LogP contribution in [0.1, 0.15) is 52.9 Å². The van der Waals surface area contributed by atoms with Gasteiger partial charge in [-0.05, 0) is 55.5 Å². The van der Waals surface area contributed by atoms with E-state index in [1.54, 1.807) is 11.0 Å². The second-order valence-corrected chi connectivity index (χ2v) is 7.59. The standard InChI is InChI=1S/C23H29N3O3/c1-4-16(3)29-21-12-15(2)8-9-17(21)13-25-23(28)26-11-10-19-18(14-26)6-5-7-20(19)22(24)27/h5-9,12,16H,4,10-11,13-14H2,1-3H3,(H2,24,27)(H,25,28). The minimum absolute atomic E-state index is 0.115. The molecule has 0 aliphatic carbocycles. The van der Waals surface area contributed by atoms with Crippen LogP contribution in [-0.4, -0.2) is 29.5 Å². The molecule has 6 heteroatoms. The maximum absolute atomic E-state index is 12.7. The van der Waals surface area contributed by atoms with Crippen LogP contribution < -0.4 is 15.8 Å². The fourth-order valence-electron chi connectivity index (χ4n) is 3.51. The van der Waals surface area contributed by atoms with Crippen molar-refractivity contribution in [1.82, 2.24) is 10.2 Å². The Hall–Kier alpha value is -3.02. The summed E-state index contributed by atoms with van der Waals surface area (Å²) in [7, 11) is 0. The summed E-state index contributed by atoms with van der Waals surface area (Å²) in [4.78, 5) is 26.1. The largest absolute Gasteiger partial charge is 0.490 e. The molecule has 0 aromatic heterocycles. The number of benzene rings is 2. The van der Waals surface area contributed by atoms with Crippen molar-refractivity contribution >= 4 is 11.9 Å². The maximum atomic E-state index is 12.7. The lowest BCUT2D eigenvalue weighted by molar-refractivity contribution is 0.0998. The minimum atomic E-state index is -0.423. The van der Waals surface area contributed by atoms with Gasteiger partial charge in [-0.3, -0.25) is 4.79 Å². The molecule has 154 valence electrons. The number of aryl methyl sites for hydroxylation is 1. The summed E-state index contributed by atoms with van der Waals surface area (Å²) in [6.07, 6.45) is 1.65. The molecule has 2 aromatic rings. The van der Waals surface area contributed by atoms with E-state index < -0.39 is 5.91 Å². The highest BCUT2D eigenvalue weighted by Gasteiger charge is 2.23. The van der Waals surface area contributed by atoms with Crippen LogP contribution in [-0.2, 0) is 19.5 Å². The molecule has 1 heterocycles. The molecule has 3 N–H and O–H groups in total. The van der Waals surface area contributed by atoms with Crippen LogP contribution in [0.25, 0.3) is 0 Å². The second-order valence-electron chi connectivity index (χ2n) is 7.59. The topological polar surface area (TPSA) is 84.7 Å². The van der Waals surface area contributed by atoms with E-state index in [9.17, 15) is 9.59 Å². The first-order chi connectivity index (χ1) is 13.9. The van der Waals surface area contributed by atoms with Crippen molar-refractivity contribution in [3.8, 4) is 5.75 Å². The number of carbonyl (C=O) groups excluding carboxylic acids is 2. The van der Waals surface area contributed by atoms with Crippen LogP contribution in [0, 0.1) is 6.92 Å². The van der Waals surface area contributed by atoms with Crippen LogP contribution in [0.15, 0.2) is 36.4 Å². The minimum Gasteiger partial charge on any atom is -0.490 e. The predicted molar refractivity (Wildman–Crippen MR) is 113 cm³/mol. The Morgan fingerprint density at radius 3 is 2.79 bits per heavy atom. The average Bonchev–Trinajstić information content (AvgIpc) is 2.71. The van der Waals surface area contributed by atoms with Crippen molar-refractivity contribution in [3.05, 3.63) is 64.2 Å². The monoisotopic (exact) mass is 395 g/mol. The van der Waals surface area contributed by atoms with Crippen molar-refractivity contribution in [2.75, 3.05) is 6.54 Å². The molecule has 0 radical (unpaired) electrons. The number of nitrogens with zero attached hydrogens (tertiary/aromatic N) is 1. The van der Waals surface area contributed by atoms with E-state index in [-0.39, 0.29) is 12.1 Å². The molecule has 0 saturated heterocycles. The number of nitrogens with one attached hydrogen (secondary N) is 1.